The van der Waals surface area contributed by atoms with Gasteiger partial charge in [0.05, 0.1) is 6.10 Å². The second-order valence-electron chi connectivity index (χ2n) is 6.64. The first-order valence-corrected chi connectivity index (χ1v) is 9.11. The molecule has 0 aromatic heterocycles. The standard InChI is InChI=1S/C19H32F2N2O3/c1-5-7-8-9-10-11-18(25)22(3)13-16(24)14-23(4)19(26)15(6-2)12-17(20)21/h1,15-17,24H,6-14H2,2-4H3. The molecule has 0 saturated carbocycles. The maximum absolute atomic E-state index is 12.5. The quantitative estimate of drug-likeness (QED) is 0.398. The molecule has 0 aromatic rings. The highest BCUT2D eigenvalue weighted by molar-refractivity contribution is 5.78. The highest BCUT2D eigenvalue weighted by atomic mass is 19.3. The number of rotatable bonds is 13. The van der Waals surface area contributed by atoms with Crippen molar-refractivity contribution in [3.63, 3.8) is 0 Å². The summed E-state index contributed by atoms with van der Waals surface area (Å²) in [6.07, 6.45) is 5.14. The molecule has 0 aliphatic rings. The van der Waals surface area contributed by atoms with E-state index in [2.05, 4.69) is 5.92 Å². The zero-order valence-electron chi connectivity index (χ0n) is 16.1. The van der Waals surface area contributed by atoms with E-state index in [1.165, 1.54) is 16.8 Å². The molecule has 7 heteroatoms. The van der Waals surface area contributed by atoms with Crippen LogP contribution in [0.4, 0.5) is 8.78 Å². The summed E-state index contributed by atoms with van der Waals surface area (Å²) >= 11 is 0. The Morgan fingerprint density at radius 1 is 1.12 bits per heavy atom. The van der Waals surface area contributed by atoms with E-state index < -0.39 is 30.8 Å². The highest BCUT2D eigenvalue weighted by Gasteiger charge is 2.25. The summed E-state index contributed by atoms with van der Waals surface area (Å²) in [6.45, 7) is 1.77. The number of halogens is 2. The summed E-state index contributed by atoms with van der Waals surface area (Å²) in [4.78, 5) is 26.9. The summed E-state index contributed by atoms with van der Waals surface area (Å²) in [5.74, 6) is 1.31. The Kier molecular flexibility index (Phi) is 12.6. The van der Waals surface area contributed by atoms with Gasteiger partial charge in [-0.3, -0.25) is 9.59 Å². The van der Waals surface area contributed by atoms with Crippen LogP contribution in [0.2, 0.25) is 0 Å². The van der Waals surface area contributed by atoms with Gasteiger partial charge in [0.1, 0.15) is 0 Å². The highest BCUT2D eigenvalue weighted by Crippen LogP contribution is 2.17. The van der Waals surface area contributed by atoms with Crippen molar-refractivity contribution >= 4 is 11.8 Å². The van der Waals surface area contributed by atoms with Crippen molar-refractivity contribution in [2.24, 2.45) is 5.92 Å². The van der Waals surface area contributed by atoms with E-state index in [1.54, 1.807) is 14.0 Å². The minimum Gasteiger partial charge on any atom is -0.389 e. The molecule has 0 spiro atoms. The number of nitrogens with zero attached hydrogens (tertiary/aromatic N) is 2. The molecular formula is C19H32F2N2O3. The van der Waals surface area contributed by atoms with Gasteiger partial charge < -0.3 is 14.9 Å². The normalized spacial score (nSPS) is 13.2. The number of terminal acetylenes is 1. The number of aliphatic hydroxyl groups is 1. The van der Waals surface area contributed by atoms with Crippen molar-refractivity contribution in [2.45, 2.75) is 64.4 Å². The Labute approximate surface area is 155 Å². The first kappa shape index (κ1) is 24.3. The van der Waals surface area contributed by atoms with Crippen LogP contribution in [0.15, 0.2) is 0 Å². The monoisotopic (exact) mass is 374 g/mol. The van der Waals surface area contributed by atoms with Gasteiger partial charge in [-0.05, 0) is 19.3 Å². The van der Waals surface area contributed by atoms with Crippen molar-refractivity contribution in [3.8, 4) is 12.3 Å². The number of hydrogen-bond donors (Lipinski definition) is 1. The Bertz CT molecular complexity index is 466. The van der Waals surface area contributed by atoms with Crippen LogP contribution < -0.4 is 0 Å². The lowest BCUT2D eigenvalue weighted by Gasteiger charge is -2.27. The number of aliphatic hydroxyl groups excluding tert-OH is 1. The molecule has 0 rings (SSSR count). The van der Waals surface area contributed by atoms with Crippen LogP contribution >= 0.6 is 0 Å². The lowest BCUT2D eigenvalue weighted by molar-refractivity contribution is -0.137. The summed E-state index contributed by atoms with van der Waals surface area (Å²) < 4.78 is 25.0. The molecule has 0 heterocycles. The molecule has 26 heavy (non-hydrogen) atoms. The second kappa shape index (κ2) is 13.5. The van der Waals surface area contributed by atoms with Gasteiger partial charge in [0.2, 0.25) is 18.2 Å². The Morgan fingerprint density at radius 3 is 2.27 bits per heavy atom. The molecule has 0 aliphatic carbocycles. The Hall–Kier alpha value is -1.68. The summed E-state index contributed by atoms with van der Waals surface area (Å²) in [5.41, 5.74) is 0. The molecule has 0 aliphatic heterocycles. The molecule has 0 fully saturated rings. The fraction of sp³-hybridized carbons (Fsp3) is 0.789. The average Bonchev–Trinajstić information content (AvgIpc) is 2.58. The van der Waals surface area contributed by atoms with E-state index in [-0.39, 0.29) is 19.0 Å². The van der Waals surface area contributed by atoms with Crippen LogP contribution in [-0.2, 0) is 9.59 Å². The minimum absolute atomic E-state index is 0.00163. The fourth-order valence-electron chi connectivity index (χ4n) is 2.72. The van der Waals surface area contributed by atoms with Crippen molar-refractivity contribution in [3.05, 3.63) is 0 Å². The third-order valence-electron chi connectivity index (χ3n) is 4.29. The molecule has 2 unspecified atom stereocenters. The zero-order valence-corrected chi connectivity index (χ0v) is 16.1. The second-order valence-corrected chi connectivity index (χ2v) is 6.64. The van der Waals surface area contributed by atoms with Crippen molar-refractivity contribution < 1.29 is 23.5 Å². The Balaban J connectivity index is 4.28. The van der Waals surface area contributed by atoms with Gasteiger partial charge in [-0.15, -0.1) is 12.3 Å². The van der Waals surface area contributed by atoms with Gasteiger partial charge in [0, 0.05) is 52.4 Å². The molecule has 0 radical (unpaired) electrons. The maximum Gasteiger partial charge on any atom is 0.239 e. The maximum atomic E-state index is 12.5. The van der Waals surface area contributed by atoms with E-state index in [1.807, 2.05) is 0 Å². The third-order valence-corrected chi connectivity index (χ3v) is 4.29. The lowest BCUT2D eigenvalue weighted by Crippen LogP contribution is -2.43. The number of likely N-dealkylation sites (N-methyl/N-ethyl adjacent to an activating group) is 2. The summed E-state index contributed by atoms with van der Waals surface area (Å²) in [6, 6.07) is 0. The zero-order chi connectivity index (χ0) is 20.1. The van der Waals surface area contributed by atoms with Crippen LogP contribution in [-0.4, -0.2) is 66.4 Å². The van der Waals surface area contributed by atoms with Crippen LogP contribution in [0.5, 0.6) is 0 Å². The van der Waals surface area contributed by atoms with Gasteiger partial charge in [-0.25, -0.2) is 8.78 Å². The molecule has 1 N–H and O–H groups in total. The van der Waals surface area contributed by atoms with Crippen LogP contribution in [0.1, 0.15) is 51.9 Å². The van der Waals surface area contributed by atoms with E-state index in [0.29, 0.717) is 19.3 Å². The number of unbranched alkanes of at least 4 members (excludes halogenated alkanes) is 3. The van der Waals surface area contributed by atoms with Gasteiger partial charge >= 0.3 is 0 Å². The fourth-order valence-corrected chi connectivity index (χ4v) is 2.72. The molecule has 0 bridgehead atoms. The molecular weight excluding hydrogens is 342 g/mol. The minimum atomic E-state index is -2.54. The lowest BCUT2D eigenvalue weighted by atomic mass is 10.0. The van der Waals surface area contributed by atoms with Gasteiger partial charge in [0.25, 0.3) is 0 Å². The summed E-state index contributed by atoms with van der Waals surface area (Å²) in [7, 11) is 3.08. The molecule has 0 saturated heterocycles. The summed E-state index contributed by atoms with van der Waals surface area (Å²) in [5, 5.41) is 10.1. The van der Waals surface area contributed by atoms with Crippen molar-refractivity contribution in [1.82, 2.24) is 9.80 Å². The number of carbonyl (C=O) groups is 2. The van der Waals surface area contributed by atoms with Gasteiger partial charge in [-0.2, -0.15) is 0 Å². The predicted octanol–water partition coefficient (Wildman–Crippen LogP) is 2.53. The third kappa shape index (κ3) is 10.3. The van der Waals surface area contributed by atoms with Gasteiger partial charge in [-0.1, -0.05) is 13.3 Å². The predicted molar refractivity (Wildman–Crippen MR) is 97.6 cm³/mol. The van der Waals surface area contributed by atoms with E-state index in [4.69, 9.17) is 6.42 Å². The average molecular weight is 374 g/mol. The largest absolute Gasteiger partial charge is 0.389 e. The topological polar surface area (TPSA) is 60.9 Å². The smallest absolute Gasteiger partial charge is 0.239 e. The first-order chi connectivity index (χ1) is 12.2. The first-order valence-electron chi connectivity index (χ1n) is 9.11. The number of alkyl halides is 2. The molecule has 2 amide bonds. The molecule has 2 atom stereocenters. The molecule has 150 valence electrons. The van der Waals surface area contributed by atoms with Crippen LogP contribution in [0, 0.1) is 18.3 Å². The van der Waals surface area contributed by atoms with E-state index >= 15 is 0 Å². The van der Waals surface area contributed by atoms with E-state index in [9.17, 15) is 23.5 Å². The van der Waals surface area contributed by atoms with Crippen LogP contribution in [0.3, 0.4) is 0 Å². The molecule has 5 nitrogen and oxygen atoms in total. The van der Waals surface area contributed by atoms with Gasteiger partial charge in [0.15, 0.2) is 0 Å². The van der Waals surface area contributed by atoms with Crippen LogP contribution in [0.25, 0.3) is 0 Å². The SMILES string of the molecule is C#CCCCCCC(=O)N(C)CC(O)CN(C)C(=O)C(CC)CC(F)F. The number of amides is 2. The van der Waals surface area contributed by atoms with Crippen molar-refractivity contribution in [2.75, 3.05) is 27.2 Å². The Morgan fingerprint density at radius 2 is 1.73 bits per heavy atom. The van der Waals surface area contributed by atoms with Crippen molar-refractivity contribution in [1.29, 1.82) is 0 Å². The number of hydrogen-bond acceptors (Lipinski definition) is 3. The van der Waals surface area contributed by atoms with E-state index in [0.717, 1.165) is 19.3 Å². The number of carbonyl (C=O) groups excluding carboxylic acids is 2. The molecule has 0 aromatic carbocycles.